The number of carbonyl (C=O) groups is 1. The Bertz CT molecular complexity index is 420. The number of hydrogen-bond acceptors (Lipinski definition) is 2. The van der Waals surface area contributed by atoms with Crippen molar-refractivity contribution in [2.24, 2.45) is 5.92 Å². The molecule has 1 saturated carbocycles. The van der Waals surface area contributed by atoms with Crippen molar-refractivity contribution in [2.45, 2.75) is 38.2 Å². The second-order valence-corrected chi connectivity index (χ2v) is 4.92. The molecule has 1 unspecified atom stereocenters. The zero-order valence-electron chi connectivity index (χ0n) is 10.9. The zero-order valence-corrected chi connectivity index (χ0v) is 13.7. The molecule has 4 heteroatoms. The minimum absolute atomic E-state index is 0. The zero-order chi connectivity index (χ0) is 13.0. The summed E-state index contributed by atoms with van der Waals surface area (Å²) < 4.78 is 0. The summed E-state index contributed by atoms with van der Waals surface area (Å²) in [6, 6.07) is 9.16. The van der Waals surface area contributed by atoms with Gasteiger partial charge in [0.25, 0.3) is 0 Å². The van der Waals surface area contributed by atoms with Crippen LogP contribution in [0.15, 0.2) is 18.2 Å². The fraction of sp³-hybridized carbons (Fsp3) is 0.467. The Morgan fingerprint density at radius 2 is 2.16 bits per heavy atom. The molecule has 1 aromatic carbocycles. The molecule has 0 spiro atoms. The van der Waals surface area contributed by atoms with Crippen LogP contribution in [0.25, 0.3) is 0 Å². The minimum Gasteiger partial charge on any atom is -0.481 e. The second-order valence-electron chi connectivity index (χ2n) is 4.92. The second kappa shape index (κ2) is 8.13. The molecule has 0 saturated heterocycles. The number of carboxylic acid groups (broad SMARTS) is 1. The molecule has 2 N–H and O–H groups in total. The Balaban J connectivity index is 0.00000180. The number of carboxylic acids is 1. The average Bonchev–Trinajstić information content (AvgIpc) is 2.73. The maximum atomic E-state index is 10.5. The van der Waals surface area contributed by atoms with Gasteiger partial charge in [-0.2, -0.15) is 47.7 Å². The van der Waals surface area contributed by atoms with Gasteiger partial charge in [0.05, 0.1) is 0 Å². The van der Waals surface area contributed by atoms with Crippen molar-refractivity contribution in [1.29, 1.82) is 0 Å². The SMILES string of the molecule is O=C(O)CCc1[c-]c(CC2[CH-]C[C@@H](O)C2)ccc1.[Y]. The van der Waals surface area contributed by atoms with E-state index < -0.39 is 5.97 Å². The molecular formula is C15H18O3Y-2. The van der Waals surface area contributed by atoms with Crippen molar-refractivity contribution < 1.29 is 47.7 Å². The summed E-state index contributed by atoms with van der Waals surface area (Å²) in [5, 5.41) is 18.1. The van der Waals surface area contributed by atoms with Crippen LogP contribution in [-0.4, -0.2) is 22.3 Å². The molecular weight excluding hydrogens is 317 g/mol. The van der Waals surface area contributed by atoms with Gasteiger partial charge in [0.2, 0.25) is 0 Å². The topological polar surface area (TPSA) is 57.5 Å². The van der Waals surface area contributed by atoms with Gasteiger partial charge in [-0.1, -0.05) is 12.8 Å². The Morgan fingerprint density at radius 3 is 2.79 bits per heavy atom. The first-order valence-corrected chi connectivity index (χ1v) is 6.37. The number of aryl methyl sites for hydroxylation is 1. The summed E-state index contributed by atoms with van der Waals surface area (Å²) in [6.07, 6.45) is 5.15. The molecule has 0 bridgehead atoms. The standard InChI is InChI=1S/C15H18O3.Y/c16-14-6-4-13(10-14)9-12-3-1-2-11(8-12)5-7-15(17)18;/h1-4,13-14,16H,5-7,9-10H2,(H,17,18);/q-2;/t13?,14-;/m1./s1. The third-order valence-corrected chi connectivity index (χ3v) is 3.32. The minimum atomic E-state index is -0.777. The van der Waals surface area contributed by atoms with Crippen molar-refractivity contribution in [3.05, 3.63) is 41.8 Å². The molecule has 3 nitrogen and oxygen atoms in total. The molecule has 2 atom stereocenters. The van der Waals surface area contributed by atoms with Crippen LogP contribution in [0.3, 0.4) is 0 Å². The Labute approximate surface area is 139 Å². The molecule has 1 radical (unpaired) electrons. The normalized spacial score (nSPS) is 21.9. The van der Waals surface area contributed by atoms with Crippen molar-refractivity contribution in [3.8, 4) is 0 Å². The number of rotatable bonds is 5. The summed E-state index contributed by atoms with van der Waals surface area (Å²) in [7, 11) is 0. The first kappa shape index (κ1) is 16.8. The van der Waals surface area contributed by atoms with E-state index in [-0.39, 0.29) is 45.2 Å². The number of aliphatic hydroxyl groups is 1. The molecule has 0 aliphatic heterocycles. The van der Waals surface area contributed by atoms with Crippen LogP contribution in [-0.2, 0) is 50.3 Å². The Hall–Kier alpha value is -0.246. The first-order chi connectivity index (χ1) is 8.63. The third-order valence-electron chi connectivity index (χ3n) is 3.32. The summed E-state index contributed by atoms with van der Waals surface area (Å²) in [5.74, 6) is -0.355. The van der Waals surface area contributed by atoms with Crippen molar-refractivity contribution in [1.82, 2.24) is 0 Å². The number of benzene rings is 1. The monoisotopic (exact) mass is 335 g/mol. The van der Waals surface area contributed by atoms with Gasteiger partial charge in [-0.05, 0) is 6.42 Å². The van der Waals surface area contributed by atoms with Crippen LogP contribution in [0.4, 0.5) is 0 Å². The van der Waals surface area contributed by atoms with Crippen LogP contribution in [0, 0.1) is 18.4 Å². The quantitative estimate of drug-likeness (QED) is 0.810. The number of aliphatic hydroxyl groups excluding tert-OH is 1. The first-order valence-electron chi connectivity index (χ1n) is 6.37. The maximum absolute atomic E-state index is 10.5. The van der Waals surface area contributed by atoms with E-state index in [4.69, 9.17) is 5.11 Å². The molecule has 0 amide bonds. The van der Waals surface area contributed by atoms with E-state index in [1.54, 1.807) is 0 Å². The van der Waals surface area contributed by atoms with Gasteiger partial charge >= 0.3 is 5.97 Å². The summed E-state index contributed by atoms with van der Waals surface area (Å²) in [6.45, 7) is 0. The molecule has 1 aromatic rings. The summed E-state index contributed by atoms with van der Waals surface area (Å²) in [4.78, 5) is 10.5. The van der Waals surface area contributed by atoms with E-state index in [1.165, 1.54) is 0 Å². The molecule has 19 heavy (non-hydrogen) atoms. The molecule has 1 fully saturated rings. The van der Waals surface area contributed by atoms with E-state index in [1.807, 2.05) is 18.2 Å². The van der Waals surface area contributed by atoms with Crippen LogP contribution < -0.4 is 0 Å². The molecule has 2 rings (SSSR count). The van der Waals surface area contributed by atoms with Crippen LogP contribution >= 0.6 is 0 Å². The van der Waals surface area contributed by atoms with Crippen LogP contribution in [0.2, 0.25) is 0 Å². The van der Waals surface area contributed by atoms with E-state index in [0.717, 1.165) is 30.4 Å². The van der Waals surface area contributed by atoms with Crippen LogP contribution in [0.5, 0.6) is 0 Å². The maximum Gasteiger partial charge on any atom is 0.303 e. The van der Waals surface area contributed by atoms with Gasteiger partial charge in [0, 0.05) is 45.2 Å². The fourth-order valence-corrected chi connectivity index (χ4v) is 2.42. The smallest absolute Gasteiger partial charge is 0.303 e. The largest absolute Gasteiger partial charge is 0.481 e. The predicted molar refractivity (Wildman–Crippen MR) is 68.0 cm³/mol. The third kappa shape index (κ3) is 5.72. The summed E-state index contributed by atoms with van der Waals surface area (Å²) in [5.41, 5.74) is 2.06. The van der Waals surface area contributed by atoms with Crippen molar-refractivity contribution in [3.63, 3.8) is 0 Å². The Morgan fingerprint density at radius 1 is 1.42 bits per heavy atom. The Kier molecular flexibility index (Phi) is 7.19. The fourth-order valence-electron chi connectivity index (χ4n) is 2.42. The van der Waals surface area contributed by atoms with E-state index in [0.29, 0.717) is 12.3 Å². The number of hydrogen-bond donors (Lipinski definition) is 2. The molecule has 1 aliphatic carbocycles. The van der Waals surface area contributed by atoms with E-state index in [2.05, 4.69) is 12.5 Å². The van der Waals surface area contributed by atoms with Gasteiger partial charge in [0.15, 0.2) is 0 Å². The van der Waals surface area contributed by atoms with Gasteiger partial charge in [-0.25, -0.2) is 0 Å². The number of aliphatic carboxylic acids is 1. The van der Waals surface area contributed by atoms with Crippen LogP contribution in [0.1, 0.15) is 30.4 Å². The summed E-state index contributed by atoms with van der Waals surface area (Å²) >= 11 is 0. The van der Waals surface area contributed by atoms with Gasteiger partial charge < -0.3 is 16.6 Å². The van der Waals surface area contributed by atoms with E-state index in [9.17, 15) is 9.90 Å². The molecule has 0 heterocycles. The average molecular weight is 335 g/mol. The van der Waals surface area contributed by atoms with Gasteiger partial charge in [-0.3, -0.25) is 4.79 Å². The van der Waals surface area contributed by atoms with Crippen molar-refractivity contribution in [2.75, 3.05) is 0 Å². The molecule has 0 aromatic heterocycles. The van der Waals surface area contributed by atoms with Gasteiger partial charge in [0.1, 0.15) is 0 Å². The molecule has 1 aliphatic rings. The predicted octanol–water partition coefficient (Wildman–Crippen LogP) is 2.02. The van der Waals surface area contributed by atoms with Gasteiger partial charge in [-0.15, -0.1) is 0 Å². The van der Waals surface area contributed by atoms with Crippen molar-refractivity contribution >= 4 is 5.97 Å². The van der Waals surface area contributed by atoms with E-state index >= 15 is 0 Å². The molecule has 101 valence electrons.